The van der Waals surface area contributed by atoms with E-state index >= 15 is 0 Å². The molecule has 56 heavy (non-hydrogen) atoms. The molecule has 2 atom stereocenters. The summed E-state index contributed by atoms with van der Waals surface area (Å²) in [7, 11) is 1.48. The smallest absolute Gasteiger partial charge is 0.462 e. The number of likely N-dealkylation sites (N-methyl/N-ethyl adjacent to an activating group) is 1. The number of carbonyl (C=O) groups is 2. The second kappa shape index (κ2) is 39.2. The van der Waals surface area contributed by atoms with Crippen LogP contribution in [0, 0.1) is 0 Å². The number of ether oxygens (including phenoxy) is 2. The normalized spacial score (nSPS) is 13.6. The first-order valence-corrected chi connectivity index (χ1v) is 24.9. The number of hydrogen-bond donors (Lipinski definition) is 1. The van der Waals surface area contributed by atoms with Crippen LogP contribution in [0.25, 0.3) is 0 Å². The summed E-state index contributed by atoms with van der Waals surface area (Å²) >= 11 is 0. The van der Waals surface area contributed by atoms with E-state index in [1.165, 1.54) is 135 Å². The van der Waals surface area contributed by atoms with E-state index in [1.807, 2.05) is 21.1 Å². The van der Waals surface area contributed by atoms with Crippen molar-refractivity contribution in [2.75, 3.05) is 47.5 Å². The largest absolute Gasteiger partial charge is 0.472 e. The van der Waals surface area contributed by atoms with Crippen molar-refractivity contribution in [3.63, 3.8) is 0 Å². The third kappa shape index (κ3) is 42.4. The summed E-state index contributed by atoms with van der Waals surface area (Å²) in [5.41, 5.74) is 0. The molecule has 0 rings (SSSR count). The molecule has 1 unspecified atom stereocenters. The highest BCUT2D eigenvalue weighted by atomic mass is 31.2. The highest BCUT2D eigenvalue weighted by Crippen LogP contribution is 2.43. The van der Waals surface area contributed by atoms with Gasteiger partial charge in [-0.2, -0.15) is 0 Å². The van der Waals surface area contributed by atoms with Gasteiger partial charge in [-0.25, -0.2) is 4.57 Å². The summed E-state index contributed by atoms with van der Waals surface area (Å²) in [6, 6.07) is 0. The number of hydrogen-bond acceptors (Lipinski definition) is 7. The van der Waals surface area contributed by atoms with E-state index in [2.05, 4.69) is 26.0 Å². The van der Waals surface area contributed by atoms with Crippen molar-refractivity contribution in [3.05, 3.63) is 12.2 Å². The van der Waals surface area contributed by atoms with E-state index in [-0.39, 0.29) is 32.0 Å². The summed E-state index contributed by atoms with van der Waals surface area (Å²) in [5, 5.41) is 0. The SMILES string of the molecule is CCCCCCCC/C=C\CCCCCCCC(=O)OC[C@H](COP(=O)(O)OCC[N+](C)(C)C)OC(=O)CCCCCCCCCCCCCCCCCCC. The molecule has 0 bridgehead atoms. The van der Waals surface area contributed by atoms with E-state index < -0.39 is 26.5 Å². The number of allylic oxidation sites excluding steroid dienone is 2. The van der Waals surface area contributed by atoms with Gasteiger partial charge in [0.25, 0.3) is 0 Å². The first-order valence-electron chi connectivity index (χ1n) is 23.4. The predicted octanol–water partition coefficient (Wildman–Crippen LogP) is 13.4. The minimum absolute atomic E-state index is 0.0337. The fourth-order valence-corrected chi connectivity index (χ4v) is 7.34. The van der Waals surface area contributed by atoms with Crippen LogP contribution in [0.1, 0.15) is 219 Å². The van der Waals surface area contributed by atoms with Crippen molar-refractivity contribution < 1.29 is 42.1 Å². The Hall–Kier alpha value is -1.25. The topological polar surface area (TPSA) is 108 Å². The molecule has 9 nitrogen and oxygen atoms in total. The molecule has 0 aromatic heterocycles. The second-order valence-corrected chi connectivity index (χ2v) is 18.6. The molecule has 0 aromatic carbocycles. The molecule has 0 saturated carbocycles. The number of quaternary nitrogens is 1. The van der Waals surface area contributed by atoms with Crippen LogP contribution in [-0.4, -0.2) is 74.9 Å². The first-order chi connectivity index (χ1) is 27.0. The van der Waals surface area contributed by atoms with Crippen molar-refractivity contribution in [3.8, 4) is 0 Å². The molecule has 0 amide bonds. The van der Waals surface area contributed by atoms with E-state index in [9.17, 15) is 19.0 Å². The van der Waals surface area contributed by atoms with Crippen LogP contribution in [0.15, 0.2) is 12.2 Å². The molecule has 10 heteroatoms. The zero-order valence-corrected chi connectivity index (χ0v) is 38.3. The van der Waals surface area contributed by atoms with Crippen molar-refractivity contribution in [2.24, 2.45) is 0 Å². The Morgan fingerprint density at radius 3 is 1.32 bits per heavy atom. The summed E-state index contributed by atoms with van der Waals surface area (Å²) in [4.78, 5) is 35.4. The van der Waals surface area contributed by atoms with Gasteiger partial charge in [0.15, 0.2) is 6.10 Å². The van der Waals surface area contributed by atoms with Crippen LogP contribution < -0.4 is 0 Å². The summed E-state index contributed by atoms with van der Waals surface area (Å²) < 4.78 is 34.4. The Morgan fingerprint density at radius 1 is 0.536 bits per heavy atom. The molecule has 0 aliphatic rings. The van der Waals surface area contributed by atoms with E-state index in [0.29, 0.717) is 17.4 Å². The van der Waals surface area contributed by atoms with Gasteiger partial charge in [0.1, 0.15) is 19.8 Å². The molecule has 1 N–H and O–H groups in total. The number of phosphoric acid groups is 1. The van der Waals surface area contributed by atoms with Crippen LogP contribution >= 0.6 is 7.82 Å². The zero-order valence-electron chi connectivity index (χ0n) is 37.4. The van der Waals surface area contributed by atoms with Crippen molar-refractivity contribution in [1.82, 2.24) is 0 Å². The molecular formula is C46H91NO8P+. The molecule has 0 radical (unpaired) electrons. The van der Waals surface area contributed by atoms with Crippen LogP contribution in [0.4, 0.5) is 0 Å². The van der Waals surface area contributed by atoms with Gasteiger partial charge < -0.3 is 18.9 Å². The third-order valence-corrected chi connectivity index (χ3v) is 11.3. The Bertz CT molecular complexity index is 969. The molecule has 0 aliphatic carbocycles. The predicted molar refractivity (Wildman–Crippen MR) is 234 cm³/mol. The van der Waals surface area contributed by atoms with Gasteiger partial charge >= 0.3 is 19.8 Å². The summed E-state index contributed by atoms with van der Waals surface area (Å²) in [6.45, 7) is 4.44. The Balaban J connectivity index is 4.30. The molecule has 332 valence electrons. The van der Waals surface area contributed by atoms with Gasteiger partial charge in [-0.1, -0.05) is 180 Å². The molecular weight excluding hydrogens is 725 g/mol. The van der Waals surface area contributed by atoms with Crippen molar-refractivity contribution >= 4 is 19.8 Å². The summed E-state index contributed by atoms with van der Waals surface area (Å²) in [6.07, 6.45) is 41.1. The minimum Gasteiger partial charge on any atom is -0.462 e. The number of esters is 2. The molecule has 0 aliphatic heterocycles. The maximum Gasteiger partial charge on any atom is 0.472 e. The molecule has 0 fully saturated rings. The fraction of sp³-hybridized carbons (Fsp3) is 0.913. The van der Waals surface area contributed by atoms with E-state index in [1.54, 1.807) is 0 Å². The highest BCUT2D eigenvalue weighted by Gasteiger charge is 2.27. The van der Waals surface area contributed by atoms with E-state index in [0.717, 1.165) is 51.4 Å². The lowest BCUT2D eigenvalue weighted by atomic mass is 10.0. The molecule has 0 spiro atoms. The molecule has 0 aromatic rings. The van der Waals surface area contributed by atoms with Crippen molar-refractivity contribution in [1.29, 1.82) is 0 Å². The second-order valence-electron chi connectivity index (χ2n) is 17.1. The Labute approximate surface area is 346 Å². The lowest BCUT2D eigenvalue weighted by Gasteiger charge is -2.24. The summed E-state index contributed by atoms with van der Waals surface area (Å²) in [5.74, 6) is -0.796. The quantitative estimate of drug-likeness (QED) is 0.0213. The monoisotopic (exact) mass is 817 g/mol. The molecule has 0 heterocycles. The number of phosphoric ester groups is 1. The lowest BCUT2D eigenvalue weighted by molar-refractivity contribution is -0.870. The van der Waals surface area contributed by atoms with Gasteiger partial charge in [0.05, 0.1) is 27.7 Å². The van der Waals surface area contributed by atoms with Crippen LogP contribution in [0.2, 0.25) is 0 Å². The standard InChI is InChI=1S/C46H90NO8P/c1-6-8-10-12-14-16-18-20-22-23-25-27-29-31-33-35-37-39-46(49)55-44(43-54-56(50,51)53-41-40-47(3,4)5)42-52-45(48)38-36-34-32-30-28-26-24-21-19-17-15-13-11-9-7-2/h21,24,44H,6-20,22-23,25-43H2,1-5H3/p+1/b24-21-/t44-/m1/s1. The maximum absolute atomic E-state index is 12.7. The number of carbonyl (C=O) groups excluding carboxylic acids is 2. The first kappa shape index (κ1) is 54.8. The van der Waals surface area contributed by atoms with Crippen molar-refractivity contribution in [2.45, 2.75) is 225 Å². The Morgan fingerprint density at radius 2 is 0.911 bits per heavy atom. The van der Waals surface area contributed by atoms with Crippen LogP contribution in [0.5, 0.6) is 0 Å². The third-order valence-electron chi connectivity index (χ3n) is 10.3. The fourth-order valence-electron chi connectivity index (χ4n) is 6.60. The minimum atomic E-state index is -4.37. The average molecular weight is 817 g/mol. The lowest BCUT2D eigenvalue weighted by Crippen LogP contribution is -2.37. The van der Waals surface area contributed by atoms with Crippen LogP contribution in [-0.2, 0) is 32.7 Å². The van der Waals surface area contributed by atoms with Crippen LogP contribution in [0.3, 0.4) is 0 Å². The number of unbranched alkanes of at least 4 members (excludes halogenated alkanes) is 27. The van der Waals surface area contributed by atoms with Gasteiger partial charge in [-0.15, -0.1) is 0 Å². The molecule has 0 saturated heterocycles. The Kier molecular flexibility index (Phi) is 38.3. The maximum atomic E-state index is 12.7. The number of rotatable bonds is 43. The highest BCUT2D eigenvalue weighted by molar-refractivity contribution is 7.47. The van der Waals surface area contributed by atoms with Gasteiger partial charge in [0.2, 0.25) is 0 Å². The number of nitrogens with zero attached hydrogens (tertiary/aromatic N) is 1. The van der Waals surface area contributed by atoms with Gasteiger partial charge in [-0.05, 0) is 38.5 Å². The van der Waals surface area contributed by atoms with E-state index in [4.69, 9.17) is 18.5 Å². The average Bonchev–Trinajstić information content (AvgIpc) is 3.15. The van der Waals surface area contributed by atoms with Gasteiger partial charge in [-0.3, -0.25) is 18.6 Å². The van der Waals surface area contributed by atoms with Gasteiger partial charge in [0, 0.05) is 12.8 Å². The zero-order chi connectivity index (χ0) is 41.4.